The van der Waals surface area contributed by atoms with Gasteiger partial charge in [-0.25, -0.2) is 0 Å². The maximum atomic E-state index is 12.1. The molecule has 3 heterocycles. The lowest BCUT2D eigenvalue weighted by molar-refractivity contribution is -0.122. The van der Waals surface area contributed by atoms with Gasteiger partial charge in [-0.3, -0.25) is 14.8 Å². The number of benzene rings is 1. The van der Waals surface area contributed by atoms with Crippen molar-refractivity contribution >= 4 is 5.91 Å². The molecule has 29 heavy (non-hydrogen) atoms. The molecule has 0 bridgehead atoms. The minimum atomic E-state index is 0.175. The minimum absolute atomic E-state index is 0.175. The Morgan fingerprint density at radius 3 is 2.79 bits per heavy atom. The van der Waals surface area contributed by atoms with E-state index < -0.39 is 0 Å². The van der Waals surface area contributed by atoms with Crippen LogP contribution in [0.15, 0.2) is 36.5 Å². The average Bonchev–Trinajstić information content (AvgIpc) is 3.44. The van der Waals surface area contributed by atoms with E-state index in [0.29, 0.717) is 18.9 Å². The molecule has 0 saturated carbocycles. The summed E-state index contributed by atoms with van der Waals surface area (Å²) in [6.07, 6.45) is 8.32. The van der Waals surface area contributed by atoms with Crippen LogP contribution in [0, 0.1) is 5.92 Å². The highest BCUT2D eigenvalue weighted by Gasteiger charge is 2.22. The Bertz CT molecular complexity index is 762. The first-order chi connectivity index (χ1) is 14.3. The first-order valence-electron chi connectivity index (χ1n) is 11.0. The summed E-state index contributed by atoms with van der Waals surface area (Å²) < 4.78 is 5.56. The van der Waals surface area contributed by atoms with E-state index in [4.69, 9.17) is 4.74 Å². The number of amides is 1. The van der Waals surface area contributed by atoms with Gasteiger partial charge >= 0.3 is 0 Å². The van der Waals surface area contributed by atoms with E-state index in [2.05, 4.69) is 44.7 Å². The molecule has 0 radical (unpaired) electrons. The van der Waals surface area contributed by atoms with Gasteiger partial charge in [0.1, 0.15) is 0 Å². The molecule has 1 atom stereocenters. The number of likely N-dealkylation sites (tertiary alicyclic amines) is 1. The molecule has 6 heteroatoms. The standard InChI is InChI=1S/C23H32N4O2/c28-22(24-16-21-7-4-14-29-21)9-8-18-10-12-27(13-11-18)17-20-15-25-26-23(20)19-5-2-1-3-6-19/h1-3,5-6,15,18,21H,4,7-14,16-17H2,(H,24,28)(H,25,26). The summed E-state index contributed by atoms with van der Waals surface area (Å²) in [5.74, 6) is 0.825. The number of H-pyrrole nitrogens is 1. The van der Waals surface area contributed by atoms with Crippen LogP contribution in [0.4, 0.5) is 0 Å². The Morgan fingerprint density at radius 2 is 2.03 bits per heavy atom. The largest absolute Gasteiger partial charge is 0.376 e. The highest BCUT2D eigenvalue weighted by Crippen LogP contribution is 2.26. The summed E-state index contributed by atoms with van der Waals surface area (Å²) in [5, 5.41) is 10.5. The summed E-state index contributed by atoms with van der Waals surface area (Å²) in [5.41, 5.74) is 3.56. The molecule has 0 aliphatic carbocycles. The number of ether oxygens (including phenoxy) is 1. The fraction of sp³-hybridized carbons (Fsp3) is 0.565. The third-order valence-electron chi connectivity index (χ3n) is 6.21. The Hall–Kier alpha value is -2.18. The van der Waals surface area contributed by atoms with E-state index in [9.17, 15) is 4.79 Å². The Balaban J connectivity index is 1.17. The maximum Gasteiger partial charge on any atom is 0.220 e. The van der Waals surface area contributed by atoms with Gasteiger partial charge in [-0.05, 0) is 56.7 Å². The van der Waals surface area contributed by atoms with Gasteiger partial charge in [0.2, 0.25) is 5.91 Å². The number of piperidine rings is 1. The number of hydrogen-bond acceptors (Lipinski definition) is 4. The van der Waals surface area contributed by atoms with Crippen molar-refractivity contribution in [2.45, 2.75) is 51.2 Å². The van der Waals surface area contributed by atoms with E-state index in [1.165, 1.54) is 11.1 Å². The zero-order valence-electron chi connectivity index (χ0n) is 17.1. The van der Waals surface area contributed by atoms with Crippen LogP contribution in [-0.2, 0) is 16.1 Å². The molecule has 1 amide bonds. The fourth-order valence-electron chi connectivity index (χ4n) is 4.42. The van der Waals surface area contributed by atoms with Gasteiger partial charge in [0.25, 0.3) is 0 Å². The minimum Gasteiger partial charge on any atom is -0.376 e. The van der Waals surface area contributed by atoms with Crippen molar-refractivity contribution in [3.8, 4) is 11.3 Å². The predicted octanol–water partition coefficient (Wildman–Crippen LogP) is 3.36. The molecule has 2 aliphatic heterocycles. The van der Waals surface area contributed by atoms with E-state index in [1.807, 2.05) is 12.3 Å². The van der Waals surface area contributed by atoms with Gasteiger partial charge in [0.15, 0.2) is 0 Å². The Morgan fingerprint density at radius 1 is 1.21 bits per heavy atom. The van der Waals surface area contributed by atoms with E-state index >= 15 is 0 Å². The lowest BCUT2D eigenvalue weighted by Crippen LogP contribution is -2.34. The molecule has 0 spiro atoms. The van der Waals surface area contributed by atoms with Gasteiger partial charge in [-0.2, -0.15) is 5.10 Å². The van der Waals surface area contributed by atoms with E-state index in [0.717, 1.165) is 64.0 Å². The third-order valence-corrected chi connectivity index (χ3v) is 6.21. The second-order valence-corrected chi connectivity index (χ2v) is 8.33. The molecule has 2 aliphatic rings. The second-order valence-electron chi connectivity index (χ2n) is 8.33. The van der Waals surface area contributed by atoms with Gasteiger partial charge in [0.05, 0.1) is 18.0 Å². The number of nitrogens with one attached hydrogen (secondary N) is 2. The van der Waals surface area contributed by atoms with Crippen molar-refractivity contribution in [2.24, 2.45) is 5.92 Å². The zero-order chi connectivity index (χ0) is 19.9. The smallest absolute Gasteiger partial charge is 0.220 e. The zero-order valence-corrected chi connectivity index (χ0v) is 17.1. The van der Waals surface area contributed by atoms with Crippen molar-refractivity contribution in [3.05, 3.63) is 42.1 Å². The van der Waals surface area contributed by atoms with Gasteiger partial charge in [0, 0.05) is 31.7 Å². The molecule has 156 valence electrons. The van der Waals surface area contributed by atoms with Crippen LogP contribution in [0.1, 0.15) is 44.1 Å². The van der Waals surface area contributed by atoms with Crippen molar-refractivity contribution in [1.29, 1.82) is 0 Å². The predicted molar refractivity (Wildman–Crippen MR) is 113 cm³/mol. The van der Waals surface area contributed by atoms with Gasteiger partial charge in [-0.15, -0.1) is 0 Å². The van der Waals surface area contributed by atoms with Gasteiger partial charge < -0.3 is 10.1 Å². The summed E-state index contributed by atoms with van der Waals surface area (Å²) in [6, 6.07) is 10.4. The number of hydrogen-bond donors (Lipinski definition) is 2. The molecule has 1 aromatic heterocycles. The normalized spacial score (nSPS) is 20.8. The van der Waals surface area contributed by atoms with Crippen LogP contribution in [-0.4, -0.2) is 53.3 Å². The molecule has 2 aromatic rings. The van der Waals surface area contributed by atoms with Crippen LogP contribution < -0.4 is 5.32 Å². The summed E-state index contributed by atoms with van der Waals surface area (Å²) in [6.45, 7) is 4.61. The molecule has 4 rings (SSSR count). The molecule has 6 nitrogen and oxygen atoms in total. The van der Waals surface area contributed by atoms with E-state index in [-0.39, 0.29) is 12.0 Å². The van der Waals surface area contributed by atoms with Crippen molar-refractivity contribution < 1.29 is 9.53 Å². The lowest BCUT2D eigenvalue weighted by Gasteiger charge is -2.31. The molecular formula is C23H32N4O2. The van der Waals surface area contributed by atoms with Crippen molar-refractivity contribution in [3.63, 3.8) is 0 Å². The van der Waals surface area contributed by atoms with Crippen LogP contribution in [0.5, 0.6) is 0 Å². The highest BCUT2D eigenvalue weighted by atomic mass is 16.5. The lowest BCUT2D eigenvalue weighted by atomic mass is 9.91. The second kappa shape index (κ2) is 10.0. The molecule has 2 N–H and O–H groups in total. The first-order valence-corrected chi connectivity index (χ1v) is 11.0. The molecular weight excluding hydrogens is 364 g/mol. The first kappa shape index (κ1) is 20.1. The summed E-state index contributed by atoms with van der Waals surface area (Å²) in [7, 11) is 0. The van der Waals surface area contributed by atoms with Crippen LogP contribution >= 0.6 is 0 Å². The van der Waals surface area contributed by atoms with Gasteiger partial charge in [-0.1, -0.05) is 30.3 Å². The monoisotopic (exact) mass is 396 g/mol. The quantitative estimate of drug-likeness (QED) is 0.718. The van der Waals surface area contributed by atoms with Crippen LogP contribution in [0.3, 0.4) is 0 Å². The number of aromatic nitrogens is 2. The number of aromatic amines is 1. The topological polar surface area (TPSA) is 70.2 Å². The number of nitrogens with zero attached hydrogens (tertiary/aromatic N) is 2. The average molecular weight is 397 g/mol. The molecule has 1 aromatic carbocycles. The van der Waals surface area contributed by atoms with Crippen LogP contribution in [0.2, 0.25) is 0 Å². The maximum absolute atomic E-state index is 12.1. The number of carbonyl (C=O) groups is 1. The number of rotatable bonds is 8. The SMILES string of the molecule is O=C(CCC1CCN(Cc2cn[nH]c2-c2ccccc2)CC1)NCC1CCCO1. The molecule has 2 fully saturated rings. The third kappa shape index (κ3) is 5.67. The number of carbonyl (C=O) groups excluding carboxylic acids is 1. The van der Waals surface area contributed by atoms with Crippen molar-refractivity contribution in [2.75, 3.05) is 26.2 Å². The Labute approximate surface area is 173 Å². The molecule has 2 saturated heterocycles. The summed E-state index contributed by atoms with van der Waals surface area (Å²) >= 11 is 0. The summed E-state index contributed by atoms with van der Waals surface area (Å²) in [4.78, 5) is 14.6. The molecule has 1 unspecified atom stereocenters. The van der Waals surface area contributed by atoms with E-state index in [1.54, 1.807) is 0 Å². The fourth-order valence-corrected chi connectivity index (χ4v) is 4.42. The van der Waals surface area contributed by atoms with Crippen molar-refractivity contribution in [1.82, 2.24) is 20.4 Å². The Kier molecular flexibility index (Phi) is 6.96. The highest BCUT2D eigenvalue weighted by molar-refractivity contribution is 5.75. The van der Waals surface area contributed by atoms with Crippen LogP contribution in [0.25, 0.3) is 11.3 Å².